The Morgan fingerprint density at radius 2 is 1.93 bits per heavy atom. The summed E-state index contributed by atoms with van der Waals surface area (Å²) in [7, 11) is 0. The molecule has 78 valence electrons. The first-order valence-corrected chi connectivity index (χ1v) is 5.86. The maximum absolute atomic E-state index is 11.3. The summed E-state index contributed by atoms with van der Waals surface area (Å²) < 4.78 is 6.25. The van der Waals surface area contributed by atoms with Gasteiger partial charge >= 0.3 is 11.9 Å². The van der Waals surface area contributed by atoms with Gasteiger partial charge in [-0.25, -0.2) is 0 Å². The van der Waals surface area contributed by atoms with Crippen LogP contribution in [0.1, 0.15) is 17.9 Å². The highest BCUT2D eigenvalue weighted by atomic mass is 79.9. The summed E-state index contributed by atoms with van der Waals surface area (Å²) in [4.78, 5) is 22.2. The van der Waals surface area contributed by atoms with Crippen LogP contribution in [0.25, 0.3) is 0 Å². The van der Waals surface area contributed by atoms with Crippen molar-refractivity contribution >= 4 is 43.8 Å². The topological polar surface area (TPSA) is 43.4 Å². The van der Waals surface area contributed by atoms with Crippen LogP contribution in [-0.2, 0) is 14.3 Å². The number of benzene rings is 1. The summed E-state index contributed by atoms with van der Waals surface area (Å²) in [5.74, 6) is -1.37. The molecule has 1 aliphatic rings. The van der Waals surface area contributed by atoms with Crippen LogP contribution < -0.4 is 0 Å². The number of hydrogen-bond acceptors (Lipinski definition) is 3. The molecule has 1 unspecified atom stereocenters. The van der Waals surface area contributed by atoms with Gasteiger partial charge in [-0.05, 0) is 49.6 Å². The van der Waals surface area contributed by atoms with Gasteiger partial charge in [0.1, 0.15) is 0 Å². The van der Waals surface area contributed by atoms with Crippen LogP contribution in [0, 0.1) is 0 Å². The van der Waals surface area contributed by atoms with E-state index in [0.29, 0.717) is 0 Å². The van der Waals surface area contributed by atoms with E-state index < -0.39 is 17.9 Å². The van der Waals surface area contributed by atoms with Crippen LogP contribution in [0.4, 0.5) is 0 Å². The Morgan fingerprint density at radius 1 is 1.20 bits per heavy atom. The van der Waals surface area contributed by atoms with Crippen LogP contribution in [-0.4, -0.2) is 11.9 Å². The predicted octanol–water partition coefficient (Wildman–Crippen LogP) is 2.77. The summed E-state index contributed by atoms with van der Waals surface area (Å²) in [5.41, 5.74) is 0.793. The third-order valence-corrected chi connectivity index (χ3v) is 4.10. The lowest BCUT2D eigenvalue weighted by atomic mass is 9.98. The van der Waals surface area contributed by atoms with Gasteiger partial charge in [0, 0.05) is 8.95 Å². The zero-order valence-corrected chi connectivity index (χ0v) is 10.7. The molecule has 1 fully saturated rings. The molecule has 0 bridgehead atoms. The number of esters is 2. The number of carbonyl (C=O) groups is 2. The molecule has 0 radical (unpaired) electrons. The zero-order chi connectivity index (χ0) is 11.0. The van der Waals surface area contributed by atoms with Crippen LogP contribution in [0.3, 0.4) is 0 Å². The molecule has 1 aromatic carbocycles. The Morgan fingerprint density at radius 3 is 2.47 bits per heavy atom. The maximum atomic E-state index is 11.3. The Labute approximate surface area is 103 Å². The van der Waals surface area contributed by atoms with Gasteiger partial charge in [0.05, 0.1) is 12.3 Å². The molecule has 0 saturated carbocycles. The van der Waals surface area contributed by atoms with E-state index in [1.807, 2.05) is 12.1 Å². The molecular weight excluding hydrogens is 328 g/mol. The fourth-order valence-corrected chi connectivity index (χ4v) is 2.10. The van der Waals surface area contributed by atoms with Crippen molar-refractivity contribution in [1.29, 1.82) is 0 Å². The van der Waals surface area contributed by atoms with E-state index in [-0.39, 0.29) is 6.42 Å². The average molecular weight is 334 g/mol. The van der Waals surface area contributed by atoms with Crippen molar-refractivity contribution in [3.63, 3.8) is 0 Å². The number of ether oxygens (including phenoxy) is 1. The van der Waals surface area contributed by atoms with E-state index in [2.05, 4.69) is 36.6 Å². The number of hydrogen-bond donors (Lipinski definition) is 0. The van der Waals surface area contributed by atoms with Gasteiger partial charge in [-0.3, -0.25) is 9.59 Å². The molecule has 3 nitrogen and oxygen atoms in total. The monoisotopic (exact) mass is 332 g/mol. The van der Waals surface area contributed by atoms with Gasteiger partial charge in [0.25, 0.3) is 0 Å². The normalized spacial score (nSPS) is 20.5. The predicted molar refractivity (Wildman–Crippen MR) is 60.3 cm³/mol. The van der Waals surface area contributed by atoms with Crippen LogP contribution in [0.15, 0.2) is 27.1 Å². The van der Waals surface area contributed by atoms with Gasteiger partial charge in [0.2, 0.25) is 0 Å². The van der Waals surface area contributed by atoms with Crippen molar-refractivity contribution in [2.75, 3.05) is 0 Å². The summed E-state index contributed by atoms with van der Waals surface area (Å²) in [6.07, 6.45) is 0.132. The first-order chi connectivity index (χ1) is 7.08. The third kappa shape index (κ3) is 2.13. The second kappa shape index (κ2) is 4.06. The van der Waals surface area contributed by atoms with Crippen molar-refractivity contribution in [3.8, 4) is 0 Å². The van der Waals surface area contributed by atoms with E-state index >= 15 is 0 Å². The van der Waals surface area contributed by atoms with Crippen molar-refractivity contribution < 1.29 is 14.3 Å². The molecule has 1 aromatic rings. The molecule has 1 heterocycles. The highest BCUT2D eigenvalue weighted by molar-refractivity contribution is 9.13. The molecule has 0 amide bonds. The minimum absolute atomic E-state index is 0.132. The number of rotatable bonds is 1. The number of halogens is 2. The highest BCUT2D eigenvalue weighted by Gasteiger charge is 2.34. The molecular formula is C10H6Br2O3. The zero-order valence-electron chi connectivity index (χ0n) is 7.50. The summed E-state index contributed by atoms with van der Waals surface area (Å²) >= 11 is 6.68. The van der Waals surface area contributed by atoms with Crippen molar-refractivity contribution in [2.45, 2.75) is 12.3 Å². The molecule has 1 saturated heterocycles. The smallest absolute Gasteiger partial charge is 0.321 e. The summed E-state index contributed by atoms with van der Waals surface area (Å²) in [5, 5.41) is 0. The molecule has 15 heavy (non-hydrogen) atoms. The lowest BCUT2D eigenvalue weighted by Crippen LogP contribution is -2.05. The lowest BCUT2D eigenvalue weighted by Gasteiger charge is -2.06. The van der Waals surface area contributed by atoms with Gasteiger partial charge in [-0.2, -0.15) is 0 Å². The summed E-state index contributed by atoms with van der Waals surface area (Å²) in [6.45, 7) is 0. The van der Waals surface area contributed by atoms with E-state index in [4.69, 9.17) is 0 Å². The van der Waals surface area contributed by atoms with Gasteiger partial charge < -0.3 is 4.74 Å². The highest BCUT2D eigenvalue weighted by Crippen LogP contribution is 2.32. The van der Waals surface area contributed by atoms with E-state index in [0.717, 1.165) is 14.5 Å². The van der Waals surface area contributed by atoms with Crippen molar-refractivity contribution in [2.24, 2.45) is 0 Å². The molecule has 2 rings (SSSR count). The fraction of sp³-hybridized carbons (Fsp3) is 0.200. The van der Waals surface area contributed by atoms with Gasteiger partial charge in [0.15, 0.2) is 0 Å². The number of cyclic esters (lactones) is 2. The number of carbonyl (C=O) groups excluding carboxylic acids is 2. The first-order valence-electron chi connectivity index (χ1n) is 4.27. The minimum Gasteiger partial charge on any atom is -0.393 e. The van der Waals surface area contributed by atoms with Crippen LogP contribution in [0.5, 0.6) is 0 Å². The minimum atomic E-state index is -0.464. The first kappa shape index (κ1) is 10.8. The van der Waals surface area contributed by atoms with Gasteiger partial charge in [-0.15, -0.1) is 0 Å². The molecule has 1 atom stereocenters. The van der Waals surface area contributed by atoms with E-state index in [1.165, 1.54) is 0 Å². The largest absolute Gasteiger partial charge is 0.393 e. The van der Waals surface area contributed by atoms with Gasteiger partial charge in [-0.1, -0.05) is 6.07 Å². The second-order valence-corrected chi connectivity index (χ2v) is 4.93. The lowest BCUT2D eigenvalue weighted by molar-refractivity contribution is -0.152. The van der Waals surface area contributed by atoms with Crippen LogP contribution in [0.2, 0.25) is 0 Å². The quantitative estimate of drug-likeness (QED) is 0.586. The molecule has 0 aliphatic carbocycles. The van der Waals surface area contributed by atoms with E-state index in [9.17, 15) is 9.59 Å². The Kier molecular flexibility index (Phi) is 2.93. The Bertz CT molecular complexity index is 442. The molecule has 1 aliphatic heterocycles. The second-order valence-electron chi connectivity index (χ2n) is 3.22. The fourth-order valence-electron chi connectivity index (χ4n) is 1.46. The standard InChI is InChI=1S/C10H6Br2O3/c11-7-2-1-5(3-8(7)12)6-4-9(13)15-10(6)14/h1-3,6H,4H2. The average Bonchev–Trinajstić information content (AvgIpc) is 2.50. The maximum Gasteiger partial charge on any atom is 0.321 e. The van der Waals surface area contributed by atoms with Crippen LogP contribution >= 0.6 is 31.9 Å². The van der Waals surface area contributed by atoms with Crippen molar-refractivity contribution in [3.05, 3.63) is 32.7 Å². The Balaban J connectivity index is 2.34. The molecule has 0 spiro atoms. The third-order valence-electron chi connectivity index (χ3n) is 2.22. The molecule has 5 heteroatoms. The van der Waals surface area contributed by atoms with Crippen molar-refractivity contribution in [1.82, 2.24) is 0 Å². The Hall–Kier alpha value is -0.680. The SMILES string of the molecule is O=C1CC(c2ccc(Br)c(Br)c2)C(=O)O1. The summed E-state index contributed by atoms with van der Waals surface area (Å²) in [6, 6.07) is 5.45. The molecule has 0 aromatic heterocycles. The van der Waals surface area contributed by atoms with E-state index in [1.54, 1.807) is 6.07 Å². The molecule has 0 N–H and O–H groups in total.